The topological polar surface area (TPSA) is 17.1 Å². The smallest absolute Gasteiger partial charge is 0.194 e. The number of ketones is 1. The predicted molar refractivity (Wildman–Crippen MR) is 44.3 cm³/mol. The highest BCUT2D eigenvalue weighted by molar-refractivity contribution is 6.00. The third kappa shape index (κ3) is 0.961. The SMILES string of the molecule is O=C1C=Cc2ccccc2[C@H]1F. The van der Waals surface area contributed by atoms with Crippen LogP contribution in [-0.4, -0.2) is 5.78 Å². The largest absolute Gasteiger partial charge is 0.291 e. The zero-order valence-electron chi connectivity index (χ0n) is 6.33. The maximum atomic E-state index is 13.2. The fourth-order valence-electron chi connectivity index (χ4n) is 1.30. The van der Waals surface area contributed by atoms with Crippen LogP contribution in [-0.2, 0) is 4.79 Å². The molecule has 0 unspecified atom stereocenters. The van der Waals surface area contributed by atoms with Crippen molar-refractivity contribution in [3.8, 4) is 0 Å². The zero-order valence-corrected chi connectivity index (χ0v) is 6.33. The van der Waals surface area contributed by atoms with Gasteiger partial charge in [0.2, 0.25) is 0 Å². The van der Waals surface area contributed by atoms with Crippen LogP contribution in [0.25, 0.3) is 6.08 Å². The summed E-state index contributed by atoms with van der Waals surface area (Å²) in [7, 11) is 0. The molecule has 60 valence electrons. The van der Waals surface area contributed by atoms with E-state index in [2.05, 4.69) is 0 Å². The Kier molecular flexibility index (Phi) is 1.54. The van der Waals surface area contributed by atoms with Gasteiger partial charge in [-0.1, -0.05) is 30.3 Å². The van der Waals surface area contributed by atoms with Crippen LogP contribution in [0.15, 0.2) is 30.3 Å². The molecule has 0 fully saturated rings. The fraction of sp³-hybridized carbons (Fsp3) is 0.100. The molecule has 1 aromatic rings. The van der Waals surface area contributed by atoms with E-state index < -0.39 is 12.0 Å². The van der Waals surface area contributed by atoms with Crippen LogP contribution in [0.2, 0.25) is 0 Å². The molecule has 0 saturated carbocycles. The standard InChI is InChI=1S/C10H7FO/c11-10-8-4-2-1-3-7(8)5-6-9(10)12/h1-6,10H/t10-/m1/s1. The number of carbonyl (C=O) groups is 1. The van der Waals surface area contributed by atoms with Crippen molar-refractivity contribution in [3.05, 3.63) is 41.5 Å². The van der Waals surface area contributed by atoms with Gasteiger partial charge in [-0.2, -0.15) is 0 Å². The van der Waals surface area contributed by atoms with Crippen molar-refractivity contribution in [1.29, 1.82) is 0 Å². The van der Waals surface area contributed by atoms with E-state index in [9.17, 15) is 9.18 Å². The summed E-state index contributed by atoms with van der Waals surface area (Å²) < 4.78 is 13.2. The summed E-state index contributed by atoms with van der Waals surface area (Å²) in [4.78, 5) is 10.9. The van der Waals surface area contributed by atoms with E-state index in [4.69, 9.17) is 0 Å². The first-order valence-electron chi connectivity index (χ1n) is 3.74. The van der Waals surface area contributed by atoms with E-state index in [0.29, 0.717) is 5.56 Å². The van der Waals surface area contributed by atoms with Gasteiger partial charge in [0.25, 0.3) is 0 Å². The molecular formula is C10H7FO. The third-order valence-electron chi connectivity index (χ3n) is 1.95. The average Bonchev–Trinajstić information content (AvgIpc) is 2.12. The molecule has 1 aliphatic carbocycles. The molecule has 1 nitrogen and oxygen atoms in total. The van der Waals surface area contributed by atoms with E-state index in [1.807, 2.05) is 6.07 Å². The van der Waals surface area contributed by atoms with Gasteiger partial charge in [0.1, 0.15) is 0 Å². The monoisotopic (exact) mass is 162 g/mol. The quantitative estimate of drug-likeness (QED) is 0.572. The summed E-state index contributed by atoms with van der Waals surface area (Å²) in [5.41, 5.74) is 1.27. The minimum atomic E-state index is -1.47. The average molecular weight is 162 g/mol. The third-order valence-corrected chi connectivity index (χ3v) is 1.95. The van der Waals surface area contributed by atoms with E-state index in [0.717, 1.165) is 5.56 Å². The second-order valence-electron chi connectivity index (χ2n) is 2.73. The van der Waals surface area contributed by atoms with Gasteiger partial charge in [-0.25, -0.2) is 4.39 Å². The lowest BCUT2D eigenvalue weighted by molar-refractivity contribution is -0.119. The molecule has 0 spiro atoms. The van der Waals surface area contributed by atoms with Crippen LogP contribution in [0.5, 0.6) is 0 Å². The van der Waals surface area contributed by atoms with Crippen LogP contribution in [0.1, 0.15) is 17.3 Å². The molecular weight excluding hydrogens is 155 g/mol. The van der Waals surface area contributed by atoms with Crippen LogP contribution < -0.4 is 0 Å². The van der Waals surface area contributed by atoms with Crippen LogP contribution >= 0.6 is 0 Å². The summed E-state index contributed by atoms with van der Waals surface area (Å²) in [6.45, 7) is 0. The lowest BCUT2D eigenvalue weighted by Crippen LogP contribution is -2.09. The van der Waals surface area contributed by atoms with E-state index in [-0.39, 0.29) is 0 Å². The number of halogens is 1. The summed E-state index contributed by atoms with van der Waals surface area (Å²) in [6, 6.07) is 7.00. The zero-order chi connectivity index (χ0) is 8.55. The predicted octanol–water partition coefficient (Wildman–Crippen LogP) is 2.29. The molecule has 1 atom stereocenters. The maximum absolute atomic E-state index is 13.2. The highest BCUT2D eigenvalue weighted by Crippen LogP contribution is 2.27. The molecule has 1 aromatic carbocycles. The Labute approximate surface area is 69.5 Å². The molecule has 0 amide bonds. The Balaban J connectivity index is 2.59. The van der Waals surface area contributed by atoms with Crippen molar-refractivity contribution in [2.45, 2.75) is 6.17 Å². The van der Waals surface area contributed by atoms with Crippen molar-refractivity contribution < 1.29 is 9.18 Å². The van der Waals surface area contributed by atoms with Gasteiger partial charge in [0, 0.05) is 5.56 Å². The highest BCUT2D eigenvalue weighted by atomic mass is 19.1. The van der Waals surface area contributed by atoms with Crippen LogP contribution in [0, 0.1) is 0 Å². The molecule has 0 saturated heterocycles. The molecule has 0 radical (unpaired) electrons. The Morgan fingerprint density at radius 3 is 2.75 bits per heavy atom. The van der Waals surface area contributed by atoms with E-state index >= 15 is 0 Å². The minimum Gasteiger partial charge on any atom is -0.291 e. The van der Waals surface area contributed by atoms with Gasteiger partial charge in [0.15, 0.2) is 12.0 Å². The van der Waals surface area contributed by atoms with Crippen molar-refractivity contribution in [2.24, 2.45) is 0 Å². The van der Waals surface area contributed by atoms with Gasteiger partial charge >= 0.3 is 0 Å². The summed E-state index contributed by atoms with van der Waals surface area (Å²) in [5.74, 6) is -0.464. The molecule has 12 heavy (non-hydrogen) atoms. The van der Waals surface area contributed by atoms with Gasteiger partial charge in [-0.05, 0) is 11.6 Å². The normalized spacial score (nSPS) is 20.8. The van der Waals surface area contributed by atoms with Crippen LogP contribution in [0.3, 0.4) is 0 Å². The Morgan fingerprint density at radius 1 is 1.17 bits per heavy atom. The van der Waals surface area contributed by atoms with Crippen LogP contribution in [0.4, 0.5) is 4.39 Å². The first-order valence-corrected chi connectivity index (χ1v) is 3.74. The Morgan fingerprint density at radius 2 is 1.92 bits per heavy atom. The molecule has 0 aliphatic heterocycles. The molecule has 2 heteroatoms. The van der Waals surface area contributed by atoms with E-state index in [1.54, 1.807) is 24.3 Å². The second-order valence-corrected chi connectivity index (χ2v) is 2.73. The molecule has 0 N–H and O–H groups in total. The van der Waals surface area contributed by atoms with Gasteiger partial charge < -0.3 is 0 Å². The van der Waals surface area contributed by atoms with Crippen molar-refractivity contribution in [1.82, 2.24) is 0 Å². The van der Waals surface area contributed by atoms with Crippen molar-refractivity contribution >= 4 is 11.9 Å². The molecule has 0 bridgehead atoms. The second kappa shape index (κ2) is 2.55. The number of fused-ring (bicyclic) bond motifs is 1. The molecule has 1 aliphatic rings. The maximum Gasteiger partial charge on any atom is 0.194 e. The lowest BCUT2D eigenvalue weighted by Gasteiger charge is -2.12. The summed E-state index contributed by atoms with van der Waals surface area (Å²) in [6.07, 6.45) is 1.46. The lowest BCUT2D eigenvalue weighted by atomic mass is 9.95. The first kappa shape index (κ1) is 7.22. The van der Waals surface area contributed by atoms with Gasteiger partial charge in [-0.3, -0.25) is 4.79 Å². The fourth-order valence-corrected chi connectivity index (χ4v) is 1.30. The highest BCUT2D eigenvalue weighted by Gasteiger charge is 2.22. The number of hydrogen-bond acceptors (Lipinski definition) is 1. The number of alkyl halides is 1. The van der Waals surface area contributed by atoms with Crippen molar-refractivity contribution in [3.63, 3.8) is 0 Å². The van der Waals surface area contributed by atoms with E-state index in [1.165, 1.54) is 6.08 Å². The number of carbonyl (C=O) groups excluding carboxylic acids is 1. The van der Waals surface area contributed by atoms with Gasteiger partial charge in [0.05, 0.1) is 0 Å². The number of rotatable bonds is 0. The summed E-state index contributed by atoms with van der Waals surface area (Å²) in [5, 5.41) is 0. The minimum absolute atomic E-state index is 0.464. The molecule has 0 aromatic heterocycles. The van der Waals surface area contributed by atoms with Crippen molar-refractivity contribution in [2.75, 3.05) is 0 Å². The Hall–Kier alpha value is -1.44. The molecule has 0 heterocycles. The Bertz CT molecular complexity index is 355. The molecule has 2 rings (SSSR count). The number of benzene rings is 1. The van der Waals surface area contributed by atoms with Gasteiger partial charge in [-0.15, -0.1) is 0 Å². The number of hydrogen-bond donors (Lipinski definition) is 0. The summed E-state index contributed by atoms with van der Waals surface area (Å²) >= 11 is 0. The first-order chi connectivity index (χ1) is 5.79. The number of allylic oxidation sites excluding steroid dienone is 1.